The molecule has 0 bridgehead atoms. The first-order valence-corrected chi connectivity index (χ1v) is 7.17. The lowest BCUT2D eigenvalue weighted by Crippen LogP contribution is -2.38. The highest BCUT2D eigenvalue weighted by Gasteiger charge is 2.17. The molecule has 0 aliphatic heterocycles. The molecule has 0 heterocycles. The van der Waals surface area contributed by atoms with E-state index in [-0.39, 0.29) is 18.4 Å². The Morgan fingerprint density at radius 1 is 1.14 bits per heavy atom. The molecule has 22 heavy (non-hydrogen) atoms. The highest BCUT2D eigenvalue weighted by Crippen LogP contribution is 2.09. The molecule has 0 aliphatic carbocycles. The Morgan fingerprint density at radius 3 is 2.41 bits per heavy atom. The van der Waals surface area contributed by atoms with Crippen molar-refractivity contribution in [3.05, 3.63) is 34.9 Å². The molecule has 0 aromatic heterocycles. The Balaban J connectivity index is 2.48. The van der Waals surface area contributed by atoms with Crippen molar-refractivity contribution in [2.75, 3.05) is 13.1 Å². The minimum Gasteiger partial charge on any atom is -0.451 e. The normalized spacial score (nSPS) is 11.5. The van der Waals surface area contributed by atoms with Crippen LogP contribution in [-0.2, 0) is 14.3 Å². The maximum atomic E-state index is 11.9. The molecule has 0 saturated heterocycles. The number of nitrogens with one attached hydrogen (secondary N) is 2. The molecule has 6 nitrogen and oxygen atoms in total. The molecule has 1 atom stereocenters. The number of rotatable bonds is 6. The molecule has 1 rings (SSSR count). The van der Waals surface area contributed by atoms with Crippen LogP contribution in [0.3, 0.4) is 0 Å². The van der Waals surface area contributed by atoms with Crippen LogP contribution in [0.5, 0.6) is 0 Å². The van der Waals surface area contributed by atoms with E-state index in [1.807, 2.05) is 19.9 Å². The van der Waals surface area contributed by atoms with Gasteiger partial charge in [-0.15, -0.1) is 0 Å². The van der Waals surface area contributed by atoms with Crippen LogP contribution in [0, 0.1) is 13.8 Å². The van der Waals surface area contributed by atoms with Crippen LogP contribution >= 0.6 is 0 Å². The van der Waals surface area contributed by atoms with Crippen molar-refractivity contribution in [1.82, 2.24) is 10.6 Å². The van der Waals surface area contributed by atoms with Gasteiger partial charge in [-0.3, -0.25) is 14.4 Å². The first-order valence-electron chi connectivity index (χ1n) is 7.17. The second kappa shape index (κ2) is 8.17. The fourth-order valence-electron chi connectivity index (χ4n) is 1.75. The van der Waals surface area contributed by atoms with Gasteiger partial charge in [0.15, 0.2) is 6.10 Å². The Kier molecular flexibility index (Phi) is 6.56. The van der Waals surface area contributed by atoms with E-state index in [0.717, 1.165) is 11.1 Å². The SMILES string of the molecule is CCNC(=O)[C@H](C)OC(=O)CNC(=O)c1ccc(C)c(C)c1. The van der Waals surface area contributed by atoms with Crippen LogP contribution in [0.4, 0.5) is 0 Å². The molecule has 0 fully saturated rings. The van der Waals surface area contributed by atoms with Gasteiger partial charge in [0, 0.05) is 12.1 Å². The van der Waals surface area contributed by atoms with Crippen LogP contribution in [0.2, 0.25) is 0 Å². The third kappa shape index (κ3) is 5.20. The topological polar surface area (TPSA) is 84.5 Å². The van der Waals surface area contributed by atoms with Gasteiger partial charge in [-0.2, -0.15) is 0 Å². The fourth-order valence-corrected chi connectivity index (χ4v) is 1.75. The van der Waals surface area contributed by atoms with Crippen LogP contribution < -0.4 is 10.6 Å². The molecule has 0 aliphatic rings. The van der Waals surface area contributed by atoms with E-state index in [1.165, 1.54) is 6.92 Å². The average molecular weight is 306 g/mol. The van der Waals surface area contributed by atoms with Crippen molar-refractivity contribution in [1.29, 1.82) is 0 Å². The lowest BCUT2D eigenvalue weighted by atomic mass is 10.1. The summed E-state index contributed by atoms with van der Waals surface area (Å²) in [7, 11) is 0. The van der Waals surface area contributed by atoms with E-state index in [4.69, 9.17) is 4.74 Å². The fraction of sp³-hybridized carbons (Fsp3) is 0.438. The van der Waals surface area contributed by atoms with Gasteiger partial charge in [0.05, 0.1) is 0 Å². The summed E-state index contributed by atoms with van der Waals surface area (Å²) < 4.78 is 4.93. The Labute approximate surface area is 130 Å². The van der Waals surface area contributed by atoms with E-state index in [2.05, 4.69) is 10.6 Å². The summed E-state index contributed by atoms with van der Waals surface area (Å²) in [6.07, 6.45) is -0.883. The summed E-state index contributed by atoms with van der Waals surface area (Å²) >= 11 is 0. The number of benzene rings is 1. The molecule has 0 saturated carbocycles. The molecule has 1 aromatic rings. The molecular formula is C16H22N2O4. The van der Waals surface area contributed by atoms with Crippen LogP contribution in [0.1, 0.15) is 35.3 Å². The van der Waals surface area contributed by atoms with Crippen molar-refractivity contribution in [3.8, 4) is 0 Å². The second-order valence-electron chi connectivity index (χ2n) is 5.01. The van der Waals surface area contributed by atoms with Gasteiger partial charge in [0.2, 0.25) is 0 Å². The monoisotopic (exact) mass is 306 g/mol. The predicted octanol–water partition coefficient (Wildman–Crippen LogP) is 1.10. The number of amides is 2. The quantitative estimate of drug-likeness (QED) is 0.771. The van der Waals surface area contributed by atoms with Gasteiger partial charge in [-0.05, 0) is 51.0 Å². The number of esters is 1. The van der Waals surface area contributed by atoms with Gasteiger partial charge in [0.1, 0.15) is 6.54 Å². The summed E-state index contributed by atoms with van der Waals surface area (Å²) in [5.41, 5.74) is 2.57. The van der Waals surface area contributed by atoms with E-state index in [1.54, 1.807) is 19.1 Å². The van der Waals surface area contributed by atoms with Crippen LogP contribution in [-0.4, -0.2) is 37.0 Å². The zero-order valence-electron chi connectivity index (χ0n) is 13.4. The van der Waals surface area contributed by atoms with Gasteiger partial charge in [0.25, 0.3) is 11.8 Å². The minimum absolute atomic E-state index is 0.282. The first kappa shape index (κ1) is 17.7. The van der Waals surface area contributed by atoms with Crippen molar-refractivity contribution in [2.24, 2.45) is 0 Å². The van der Waals surface area contributed by atoms with Gasteiger partial charge in [-0.25, -0.2) is 0 Å². The lowest BCUT2D eigenvalue weighted by Gasteiger charge is -2.13. The Hall–Kier alpha value is -2.37. The number of carbonyl (C=O) groups excluding carboxylic acids is 3. The largest absolute Gasteiger partial charge is 0.451 e. The zero-order chi connectivity index (χ0) is 16.7. The predicted molar refractivity (Wildman–Crippen MR) is 82.5 cm³/mol. The van der Waals surface area contributed by atoms with Gasteiger partial charge < -0.3 is 15.4 Å². The molecular weight excluding hydrogens is 284 g/mol. The van der Waals surface area contributed by atoms with Gasteiger partial charge in [-0.1, -0.05) is 6.07 Å². The van der Waals surface area contributed by atoms with E-state index in [0.29, 0.717) is 12.1 Å². The molecule has 2 N–H and O–H groups in total. The second-order valence-corrected chi connectivity index (χ2v) is 5.01. The molecule has 0 spiro atoms. The first-order chi connectivity index (χ1) is 10.3. The average Bonchev–Trinajstić information content (AvgIpc) is 2.47. The molecule has 1 aromatic carbocycles. The van der Waals surface area contributed by atoms with Gasteiger partial charge >= 0.3 is 5.97 Å². The maximum Gasteiger partial charge on any atom is 0.326 e. The van der Waals surface area contributed by atoms with E-state index < -0.39 is 12.1 Å². The van der Waals surface area contributed by atoms with E-state index >= 15 is 0 Å². The van der Waals surface area contributed by atoms with Crippen LogP contribution in [0.15, 0.2) is 18.2 Å². The number of carbonyl (C=O) groups is 3. The van der Waals surface area contributed by atoms with E-state index in [9.17, 15) is 14.4 Å². The van der Waals surface area contributed by atoms with Crippen molar-refractivity contribution < 1.29 is 19.1 Å². The molecule has 2 amide bonds. The number of aryl methyl sites for hydroxylation is 2. The third-order valence-corrected chi connectivity index (χ3v) is 3.19. The summed E-state index contributed by atoms with van der Waals surface area (Å²) in [6.45, 7) is 7.30. The maximum absolute atomic E-state index is 11.9. The molecule has 0 radical (unpaired) electrons. The summed E-state index contributed by atoms with van der Waals surface area (Å²) in [5, 5.41) is 5.03. The Bertz CT molecular complexity index is 569. The van der Waals surface area contributed by atoms with Crippen molar-refractivity contribution >= 4 is 17.8 Å². The van der Waals surface area contributed by atoms with Crippen LogP contribution in [0.25, 0.3) is 0 Å². The highest BCUT2D eigenvalue weighted by molar-refractivity contribution is 5.96. The lowest BCUT2D eigenvalue weighted by molar-refractivity contribution is -0.153. The third-order valence-electron chi connectivity index (χ3n) is 3.19. The number of hydrogen-bond donors (Lipinski definition) is 2. The summed E-state index contributed by atoms with van der Waals surface area (Å²) in [4.78, 5) is 35.0. The number of ether oxygens (including phenoxy) is 1. The summed E-state index contributed by atoms with van der Waals surface area (Å²) in [5.74, 6) is -1.38. The Morgan fingerprint density at radius 2 is 1.82 bits per heavy atom. The molecule has 0 unspecified atom stereocenters. The molecule has 6 heteroatoms. The smallest absolute Gasteiger partial charge is 0.326 e. The summed E-state index contributed by atoms with van der Waals surface area (Å²) in [6, 6.07) is 5.30. The minimum atomic E-state index is -0.883. The zero-order valence-corrected chi connectivity index (χ0v) is 13.4. The highest BCUT2D eigenvalue weighted by atomic mass is 16.5. The van der Waals surface area contributed by atoms with Crippen molar-refractivity contribution in [2.45, 2.75) is 33.8 Å². The molecule has 120 valence electrons. The number of likely N-dealkylation sites (N-methyl/N-ethyl adjacent to an activating group) is 1. The van der Waals surface area contributed by atoms with Crippen molar-refractivity contribution in [3.63, 3.8) is 0 Å². The standard InChI is InChI=1S/C16H22N2O4/c1-5-17-15(20)12(4)22-14(19)9-18-16(21)13-7-6-10(2)11(3)8-13/h6-8,12H,5,9H2,1-4H3,(H,17,20)(H,18,21)/t12-/m0/s1. The number of hydrogen-bond acceptors (Lipinski definition) is 4.